The maximum atomic E-state index is 10.8. The average molecular weight is 231 g/mol. The van der Waals surface area contributed by atoms with Gasteiger partial charge in [-0.25, -0.2) is 4.98 Å². The second-order valence-corrected chi connectivity index (χ2v) is 3.53. The van der Waals surface area contributed by atoms with Crippen LogP contribution in [0.1, 0.15) is 10.5 Å². The van der Waals surface area contributed by atoms with E-state index < -0.39 is 0 Å². The van der Waals surface area contributed by atoms with Gasteiger partial charge < -0.3 is 9.47 Å². The number of aromatic nitrogens is 1. The number of methoxy groups -OCH3 is 1. The number of nitrogens with zero attached hydrogens (tertiary/aromatic N) is 1. The summed E-state index contributed by atoms with van der Waals surface area (Å²) in [6.45, 7) is 0.900. The first-order valence-electron chi connectivity index (χ1n) is 5.32. The van der Waals surface area contributed by atoms with Crippen molar-refractivity contribution in [3.63, 3.8) is 0 Å². The maximum Gasteiger partial charge on any atom is 0.222 e. The second-order valence-electron chi connectivity index (χ2n) is 3.53. The van der Waals surface area contributed by atoms with Crippen LogP contribution in [-0.4, -0.2) is 31.6 Å². The molecule has 0 spiro atoms. The molecule has 0 amide bonds. The van der Waals surface area contributed by atoms with Crippen LogP contribution in [0, 0.1) is 0 Å². The van der Waals surface area contributed by atoms with Gasteiger partial charge in [0.1, 0.15) is 12.3 Å². The SMILES string of the molecule is COCCOc1nc(C=O)cc2ccccc12. The normalized spacial score (nSPS) is 10.4. The highest BCUT2D eigenvalue weighted by molar-refractivity contribution is 5.90. The average Bonchev–Trinajstić information content (AvgIpc) is 2.38. The first kappa shape index (κ1) is 11.5. The summed E-state index contributed by atoms with van der Waals surface area (Å²) in [5, 5.41) is 1.84. The first-order valence-corrected chi connectivity index (χ1v) is 5.32. The highest BCUT2D eigenvalue weighted by atomic mass is 16.5. The van der Waals surface area contributed by atoms with E-state index in [9.17, 15) is 4.79 Å². The number of pyridine rings is 1. The van der Waals surface area contributed by atoms with E-state index in [4.69, 9.17) is 9.47 Å². The van der Waals surface area contributed by atoms with Gasteiger partial charge in [-0.05, 0) is 17.5 Å². The number of benzene rings is 1. The van der Waals surface area contributed by atoms with Crippen LogP contribution >= 0.6 is 0 Å². The summed E-state index contributed by atoms with van der Waals surface area (Å²) in [5.74, 6) is 0.474. The summed E-state index contributed by atoms with van der Waals surface area (Å²) in [7, 11) is 1.61. The molecule has 0 fully saturated rings. The number of carbonyl (C=O) groups is 1. The highest BCUT2D eigenvalue weighted by Crippen LogP contribution is 2.23. The van der Waals surface area contributed by atoms with Gasteiger partial charge in [0, 0.05) is 12.5 Å². The van der Waals surface area contributed by atoms with Crippen LogP contribution in [0.4, 0.5) is 0 Å². The van der Waals surface area contributed by atoms with Crippen LogP contribution in [0.2, 0.25) is 0 Å². The van der Waals surface area contributed by atoms with Crippen LogP contribution in [0.25, 0.3) is 10.8 Å². The Balaban J connectivity index is 2.40. The maximum absolute atomic E-state index is 10.8. The number of ether oxygens (including phenoxy) is 2. The molecule has 1 aromatic heterocycles. The van der Waals surface area contributed by atoms with Crippen molar-refractivity contribution < 1.29 is 14.3 Å². The number of carbonyl (C=O) groups excluding carboxylic acids is 1. The highest BCUT2D eigenvalue weighted by Gasteiger charge is 2.06. The van der Waals surface area contributed by atoms with Gasteiger partial charge in [-0.2, -0.15) is 0 Å². The van der Waals surface area contributed by atoms with E-state index >= 15 is 0 Å². The van der Waals surface area contributed by atoms with Crippen molar-refractivity contribution >= 4 is 17.1 Å². The number of hydrogen-bond acceptors (Lipinski definition) is 4. The van der Waals surface area contributed by atoms with Crippen molar-refractivity contribution in [2.75, 3.05) is 20.3 Å². The van der Waals surface area contributed by atoms with Crippen molar-refractivity contribution in [1.29, 1.82) is 0 Å². The number of hydrogen-bond donors (Lipinski definition) is 0. The molecule has 1 aromatic carbocycles. The van der Waals surface area contributed by atoms with E-state index in [0.29, 0.717) is 24.8 Å². The van der Waals surface area contributed by atoms with Crippen molar-refractivity contribution in [2.24, 2.45) is 0 Å². The molecule has 2 aromatic rings. The molecule has 0 atom stereocenters. The number of rotatable bonds is 5. The van der Waals surface area contributed by atoms with Gasteiger partial charge in [-0.15, -0.1) is 0 Å². The predicted molar refractivity (Wildman–Crippen MR) is 64.5 cm³/mol. The zero-order valence-electron chi connectivity index (χ0n) is 9.55. The van der Waals surface area contributed by atoms with Crippen molar-refractivity contribution in [3.05, 3.63) is 36.0 Å². The molecule has 0 aliphatic heterocycles. The Bertz CT molecular complexity index is 525. The van der Waals surface area contributed by atoms with E-state index in [1.807, 2.05) is 24.3 Å². The van der Waals surface area contributed by atoms with Gasteiger partial charge in [0.05, 0.1) is 6.61 Å². The summed E-state index contributed by atoms with van der Waals surface area (Å²) < 4.78 is 10.4. The van der Waals surface area contributed by atoms with Gasteiger partial charge in [0.15, 0.2) is 6.29 Å². The topological polar surface area (TPSA) is 48.4 Å². The monoisotopic (exact) mass is 231 g/mol. The lowest BCUT2D eigenvalue weighted by atomic mass is 10.1. The van der Waals surface area contributed by atoms with Gasteiger partial charge in [0.25, 0.3) is 0 Å². The van der Waals surface area contributed by atoms with Gasteiger partial charge in [-0.1, -0.05) is 18.2 Å². The molecule has 0 aliphatic rings. The molecule has 1 heterocycles. The Kier molecular flexibility index (Phi) is 3.67. The van der Waals surface area contributed by atoms with Crippen molar-refractivity contribution in [2.45, 2.75) is 0 Å². The molecule has 0 unspecified atom stereocenters. The fourth-order valence-corrected chi connectivity index (χ4v) is 1.58. The lowest BCUT2D eigenvalue weighted by Crippen LogP contribution is -2.06. The predicted octanol–water partition coefficient (Wildman–Crippen LogP) is 2.07. The van der Waals surface area contributed by atoms with E-state index in [1.165, 1.54) is 0 Å². The van der Waals surface area contributed by atoms with E-state index in [1.54, 1.807) is 13.2 Å². The van der Waals surface area contributed by atoms with Crippen molar-refractivity contribution in [1.82, 2.24) is 4.98 Å². The summed E-state index contributed by atoms with van der Waals surface area (Å²) >= 11 is 0. The molecule has 0 saturated heterocycles. The minimum atomic E-state index is 0.371. The third kappa shape index (κ3) is 2.60. The molecule has 88 valence electrons. The lowest BCUT2D eigenvalue weighted by molar-refractivity contribution is 0.111. The molecule has 0 aliphatic carbocycles. The van der Waals surface area contributed by atoms with Crippen molar-refractivity contribution in [3.8, 4) is 5.88 Å². The summed E-state index contributed by atoms with van der Waals surface area (Å²) in [6.07, 6.45) is 0.718. The zero-order valence-corrected chi connectivity index (χ0v) is 9.55. The minimum absolute atomic E-state index is 0.371. The largest absolute Gasteiger partial charge is 0.475 e. The van der Waals surface area contributed by atoms with Gasteiger partial charge in [0.2, 0.25) is 5.88 Å². The Hall–Kier alpha value is -1.94. The van der Waals surface area contributed by atoms with Gasteiger partial charge in [-0.3, -0.25) is 4.79 Å². The Morgan fingerprint density at radius 3 is 2.88 bits per heavy atom. The summed E-state index contributed by atoms with van der Waals surface area (Å²) in [5.41, 5.74) is 0.371. The quantitative estimate of drug-likeness (QED) is 0.584. The number of fused-ring (bicyclic) bond motifs is 1. The number of aldehydes is 1. The third-order valence-electron chi connectivity index (χ3n) is 2.37. The standard InChI is InChI=1S/C13H13NO3/c1-16-6-7-17-13-12-5-3-2-4-10(12)8-11(9-15)14-13/h2-5,8-9H,6-7H2,1H3. The van der Waals surface area contributed by atoms with Crippen LogP contribution in [-0.2, 0) is 4.74 Å². The van der Waals surface area contributed by atoms with E-state index in [0.717, 1.165) is 17.1 Å². The van der Waals surface area contributed by atoms with Crippen LogP contribution < -0.4 is 4.74 Å². The molecule has 0 bridgehead atoms. The molecule has 17 heavy (non-hydrogen) atoms. The first-order chi connectivity index (χ1) is 8.35. The third-order valence-corrected chi connectivity index (χ3v) is 2.37. The van der Waals surface area contributed by atoms with Gasteiger partial charge >= 0.3 is 0 Å². The van der Waals surface area contributed by atoms with E-state index in [2.05, 4.69) is 4.98 Å². The Morgan fingerprint density at radius 1 is 1.29 bits per heavy atom. The van der Waals surface area contributed by atoms with Crippen LogP contribution in [0.15, 0.2) is 30.3 Å². The molecular weight excluding hydrogens is 218 g/mol. The lowest BCUT2D eigenvalue weighted by Gasteiger charge is -2.08. The zero-order chi connectivity index (χ0) is 12.1. The minimum Gasteiger partial charge on any atom is -0.475 e. The van der Waals surface area contributed by atoms with E-state index in [-0.39, 0.29) is 0 Å². The fourth-order valence-electron chi connectivity index (χ4n) is 1.58. The molecule has 4 heteroatoms. The molecule has 0 radical (unpaired) electrons. The second kappa shape index (κ2) is 5.41. The molecule has 0 N–H and O–H groups in total. The summed E-state index contributed by atoms with van der Waals surface area (Å²) in [6, 6.07) is 9.40. The van der Waals surface area contributed by atoms with Crippen LogP contribution in [0.3, 0.4) is 0 Å². The Morgan fingerprint density at radius 2 is 2.12 bits per heavy atom. The molecule has 4 nitrogen and oxygen atoms in total. The molecule has 2 rings (SSSR count). The smallest absolute Gasteiger partial charge is 0.222 e. The molecular formula is C13H13NO3. The summed E-state index contributed by atoms with van der Waals surface area (Å²) in [4.78, 5) is 14.9. The fraction of sp³-hybridized carbons (Fsp3) is 0.231. The Labute approximate surface area is 99.2 Å². The van der Waals surface area contributed by atoms with Crippen LogP contribution in [0.5, 0.6) is 5.88 Å². The molecule has 0 saturated carbocycles.